The van der Waals surface area contributed by atoms with Gasteiger partial charge in [0.1, 0.15) is 0 Å². The first-order chi connectivity index (χ1) is 9.67. The van der Waals surface area contributed by atoms with Crippen molar-refractivity contribution < 1.29 is 4.79 Å². The third-order valence-corrected chi connectivity index (χ3v) is 7.83. The highest BCUT2D eigenvalue weighted by atomic mass is 79.9. The highest BCUT2D eigenvalue weighted by Gasteiger charge is 2.56. The summed E-state index contributed by atoms with van der Waals surface area (Å²) in [5, 5.41) is 3.45. The molecule has 4 saturated carbocycles. The molecule has 0 aliphatic heterocycles. The van der Waals surface area contributed by atoms with E-state index in [2.05, 4.69) is 21.2 Å². The lowest BCUT2D eigenvalue weighted by Crippen LogP contribution is -2.48. The molecule has 4 rings (SSSR count). The minimum atomic E-state index is -0.0583. The van der Waals surface area contributed by atoms with Gasteiger partial charge in [-0.3, -0.25) is 4.79 Å². The van der Waals surface area contributed by atoms with Crippen molar-refractivity contribution >= 4 is 21.8 Å². The molecule has 1 N–H and O–H groups in total. The lowest BCUT2D eigenvalue weighted by atomic mass is 9.80. The second-order valence-corrected chi connectivity index (χ2v) is 9.01. The summed E-state index contributed by atoms with van der Waals surface area (Å²) in [5.41, 5.74) is -0.0583. The summed E-state index contributed by atoms with van der Waals surface area (Å²) in [6.07, 6.45) is 12.8. The van der Waals surface area contributed by atoms with Crippen LogP contribution in [0.25, 0.3) is 0 Å². The minimum Gasteiger partial charge on any atom is -0.353 e. The Bertz CT molecular complexity index is 408. The van der Waals surface area contributed by atoms with Gasteiger partial charge in [-0.1, -0.05) is 28.8 Å². The predicted molar refractivity (Wildman–Crippen MR) is 83.7 cm³/mol. The van der Waals surface area contributed by atoms with Gasteiger partial charge in [-0.2, -0.15) is 0 Å². The highest BCUT2D eigenvalue weighted by molar-refractivity contribution is 9.09. The van der Waals surface area contributed by atoms with Crippen LogP contribution >= 0.6 is 15.9 Å². The van der Waals surface area contributed by atoms with Gasteiger partial charge >= 0.3 is 0 Å². The molecule has 0 spiro atoms. The molecule has 112 valence electrons. The number of rotatable bonds is 3. The molecular formula is C17H26BrNO. The Morgan fingerprint density at radius 3 is 2.55 bits per heavy atom. The van der Waals surface area contributed by atoms with Crippen LogP contribution in [0.3, 0.4) is 0 Å². The van der Waals surface area contributed by atoms with Gasteiger partial charge in [-0.05, 0) is 69.1 Å². The second kappa shape index (κ2) is 5.00. The average Bonchev–Trinajstić information content (AvgIpc) is 3.13. The van der Waals surface area contributed by atoms with Crippen molar-refractivity contribution in [3.63, 3.8) is 0 Å². The van der Waals surface area contributed by atoms with Gasteiger partial charge in [-0.15, -0.1) is 0 Å². The van der Waals surface area contributed by atoms with E-state index in [1.54, 1.807) is 0 Å². The fraction of sp³-hybridized carbons (Fsp3) is 0.941. The number of amides is 1. The first kappa shape index (κ1) is 13.6. The SMILES string of the molecule is O=C(N[C@@H]1CCC[C@@H](C2CC2)C1)[C@@]12CC[C@@H](C[C@H]1Br)C2. The first-order valence-electron chi connectivity index (χ1n) is 8.62. The Labute approximate surface area is 130 Å². The maximum absolute atomic E-state index is 12.9. The van der Waals surface area contributed by atoms with Crippen molar-refractivity contribution in [2.75, 3.05) is 0 Å². The molecule has 0 aromatic rings. The lowest BCUT2D eigenvalue weighted by Gasteiger charge is -2.35. The Morgan fingerprint density at radius 1 is 1.05 bits per heavy atom. The van der Waals surface area contributed by atoms with Gasteiger partial charge in [0.2, 0.25) is 5.91 Å². The van der Waals surface area contributed by atoms with Gasteiger partial charge < -0.3 is 5.32 Å². The molecule has 0 aromatic carbocycles. The fourth-order valence-electron chi connectivity index (χ4n) is 5.22. The van der Waals surface area contributed by atoms with E-state index >= 15 is 0 Å². The second-order valence-electron chi connectivity index (χ2n) is 7.90. The number of hydrogen-bond acceptors (Lipinski definition) is 1. The van der Waals surface area contributed by atoms with Crippen molar-refractivity contribution in [3.05, 3.63) is 0 Å². The summed E-state index contributed by atoms with van der Waals surface area (Å²) in [6.45, 7) is 0. The third-order valence-electron chi connectivity index (χ3n) is 6.58. The van der Waals surface area contributed by atoms with Crippen LogP contribution < -0.4 is 5.32 Å². The van der Waals surface area contributed by atoms with Gasteiger partial charge in [0.25, 0.3) is 0 Å². The standard InChI is InChI=1S/C17H26BrNO/c18-15-8-11-6-7-17(15,10-11)16(20)19-14-3-1-2-13(9-14)12-4-5-12/h11-15H,1-10H2,(H,19,20)/t11-,13+,14+,15+,17+/m0/s1. The molecule has 20 heavy (non-hydrogen) atoms. The number of fused-ring (bicyclic) bond motifs is 2. The monoisotopic (exact) mass is 339 g/mol. The molecule has 3 heteroatoms. The van der Waals surface area contributed by atoms with Crippen molar-refractivity contribution in [1.82, 2.24) is 5.32 Å². The van der Waals surface area contributed by atoms with Crippen LogP contribution in [0.1, 0.15) is 64.2 Å². The minimum absolute atomic E-state index is 0.0583. The molecule has 1 amide bonds. The molecule has 2 bridgehead atoms. The maximum Gasteiger partial charge on any atom is 0.227 e. The van der Waals surface area contributed by atoms with Gasteiger partial charge in [-0.25, -0.2) is 0 Å². The summed E-state index contributed by atoms with van der Waals surface area (Å²) in [6, 6.07) is 0.468. The molecule has 0 saturated heterocycles. The van der Waals surface area contributed by atoms with Crippen LogP contribution in [0.2, 0.25) is 0 Å². The molecule has 4 aliphatic rings. The number of alkyl halides is 1. The number of nitrogens with one attached hydrogen (secondary N) is 1. The van der Waals surface area contributed by atoms with E-state index in [1.165, 1.54) is 51.4 Å². The number of carbonyl (C=O) groups is 1. The molecule has 0 aromatic heterocycles. The van der Waals surface area contributed by atoms with E-state index in [1.807, 2.05) is 0 Å². The Hall–Kier alpha value is -0.0500. The fourth-order valence-corrected chi connectivity index (χ4v) is 6.37. The van der Waals surface area contributed by atoms with Crippen molar-refractivity contribution in [2.24, 2.45) is 23.2 Å². The van der Waals surface area contributed by atoms with Gasteiger partial charge in [0, 0.05) is 10.9 Å². The Balaban J connectivity index is 1.39. The smallest absolute Gasteiger partial charge is 0.227 e. The quantitative estimate of drug-likeness (QED) is 0.773. The van der Waals surface area contributed by atoms with E-state index < -0.39 is 0 Å². The van der Waals surface area contributed by atoms with Crippen LogP contribution in [0.5, 0.6) is 0 Å². The summed E-state index contributed by atoms with van der Waals surface area (Å²) in [7, 11) is 0. The molecule has 5 atom stereocenters. The average molecular weight is 340 g/mol. The lowest BCUT2D eigenvalue weighted by molar-refractivity contribution is -0.131. The van der Waals surface area contributed by atoms with E-state index in [4.69, 9.17) is 0 Å². The van der Waals surface area contributed by atoms with Crippen molar-refractivity contribution in [1.29, 1.82) is 0 Å². The van der Waals surface area contributed by atoms with Crippen LogP contribution in [0.15, 0.2) is 0 Å². The highest BCUT2D eigenvalue weighted by Crippen LogP contribution is 2.57. The van der Waals surface area contributed by atoms with Gasteiger partial charge in [0.05, 0.1) is 5.41 Å². The summed E-state index contributed by atoms with van der Waals surface area (Å²) in [5.74, 6) is 3.09. The molecule has 4 aliphatic carbocycles. The zero-order chi connectivity index (χ0) is 13.7. The van der Waals surface area contributed by atoms with Crippen LogP contribution in [0.4, 0.5) is 0 Å². The Morgan fingerprint density at radius 2 is 1.90 bits per heavy atom. The van der Waals surface area contributed by atoms with Crippen LogP contribution in [-0.4, -0.2) is 16.8 Å². The van der Waals surface area contributed by atoms with E-state index in [-0.39, 0.29) is 5.41 Å². The molecule has 4 fully saturated rings. The number of hydrogen-bond donors (Lipinski definition) is 1. The zero-order valence-electron chi connectivity index (χ0n) is 12.2. The van der Waals surface area contributed by atoms with E-state index in [9.17, 15) is 4.79 Å². The Kier molecular flexibility index (Phi) is 3.40. The maximum atomic E-state index is 12.9. The van der Waals surface area contributed by atoms with Gasteiger partial charge in [0.15, 0.2) is 0 Å². The molecule has 0 heterocycles. The summed E-state index contributed by atoms with van der Waals surface area (Å²) >= 11 is 3.80. The van der Waals surface area contributed by atoms with E-state index in [0.29, 0.717) is 16.8 Å². The van der Waals surface area contributed by atoms with Crippen LogP contribution in [0, 0.1) is 23.2 Å². The number of halogens is 1. The van der Waals surface area contributed by atoms with E-state index in [0.717, 1.165) is 30.6 Å². The summed E-state index contributed by atoms with van der Waals surface area (Å²) in [4.78, 5) is 13.3. The molecule has 0 radical (unpaired) electrons. The molecular weight excluding hydrogens is 314 g/mol. The number of carbonyl (C=O) groups excluding carboxylic acids is 1. The topological polar surface area (TPSA) is 29.1 Å². The van der Waals surface area contributed by atoms with Crippen molar-refractivity contribution in [2.45, 2.75) is 75.1 Å². The van der Waals surface area contributed by atoms with Crippen molar-refractivity contribution in [3.8, 4) is 0 Å². The molecule has 2 nitrogen and oxygen atoms in total. The predicted octanol–water partition coefficient (Wildman–Crippen LogP) is 4.03. The zero-order valence-corrected chi connectivity index (χ0v) is 13.8. The normalized spacial score (nSPS) is 47.5. The van der Waals surface area contributed by atoms with Crippen LogP contribution in [-0.2, 0) is 4.79 Å². The third kappa shape index (κ3) is 2.24. The summed E-state index contributed by atoms with van der Waals surface area (Å²) < 4.78 is 0. The molecule has 0 unspecified atom stereocenters. The first-order valence-corrected chi connectivity index (χ1v) is 9.54. The largest absolute Gasteiger partial charge is 0.353 e.